The number of halogens is 3. The minimum atomic E-state index is -5.20. The quantitative estimate of drug-likeness (QED) is 0.432. The number of rotatable bonds is 5. The van der Waals surface area contributed by atoms with E-state index in [0.29, 0.717) is 43.5 Å². The average molecular weight is 651 g/mol. The van der Waals surface area contributed by atoms with Gasteiger partial charge in [0.05, 0.1) is 12.2 Å². The van der Waals surface area contributed by atoms with Gasteiger partial charge >= 0.3 is 18.2 Å². The number of fused-ring (bicyclic) bond motifs is 1. The number of ether oxygens (including phenoxy) is 2. The van der Waals surface area contributed by atoms with Crippen LogP contribution >= 0.6 is 11.3 Å². The molecule has 45 heavy (non-hydrogen) atoms. The van der Waals surface area contributed by atoms with Crippen LogP contribution in [0.1, 0.15) is 58.5 Å². The minimum absolute atomic E-state index is 0.0772. The summed E-state index contributed by atoms with van der Waals surface area (Å²) in [4.78, 5) is 59.0. The Morgan fingerprint density at radius 3 is 2.51 bits per heavy atom. The van der Waals surface area contributed by atoms with Crippen LogP contribution in [0.5, 0.6) is 0 Å². The first-order chi connectivity index (χ1) is 21.4. The number of amides is 3. The Kier molecular flexibility index (Phi) is 10.0. The van der Waals surface area contributed by atoms with Crippen molar-refractivity contribution in [3.05, 3.63) is 51.2 Å². The van der Waals surface area contributed by atoms with E-state index in [9.17, 15) is 32.3 Å². The van der Waals surface area contributed by atoms with Crippen molar-refractivity contribution in [3.63, 3.8) is 0 Å². The number of alkyl halides is 3. The number of nitrogens with zero attached hydrogens (tertiary/aromatic N) is 4. The summed E-state index contributed by atoms with van der Waals surface area (Å²) in [7, 11) is 1.67. The maximum Gasteiger partial charge on any atom is 0.491 e. The second-order valence-electron chi connectivity index (χ2n) is 11.7. The third kappa shape index (κ3) is 7.43. The van der Waals surface area contributed by atoms with E-state index in [1.54, 1.807) is 41.5 Å². The van der Waals surface area contributed by atoms with Gasteiger partial charge in [-0.1, -0.05) is 6.07 Å². The van der Waals surface area contributed by atoms with Crippen molar-refractivity contribution in [3.8, 4) is 0 Å². The molecule has 1 unspecified atom stereocenters. The Balaban J connectivity index is 1.23. The van der Waals surface area contributed by atoms with Crippen LogP contribution in [0.2, 0.25) is 0 Å². The van der Waals surface area contributed by atoms with Crippen LogP contribution in [0.25, 0.3) is 0 Å². The Labute approximate surface area is 263 Å². The predicted octanol–water partition coefficient (Wildman–Crippen LogP) is 4.74. The Morgan fingerprint density at radius 2 is 1.76 bits per heavy atom. The van der Waals surface area contributed by atoms with Gasteiger partial charge in [-0.05, 0) is 93.7 Å². The van der Waals surface area contributed by atoms with E-state index >= 15 is 0 Å². The molecular weight excluding hydrogens is 613 g/mol. The smallest absolute Gasteiger partial charge is 0.445 e. The average Bonchev–Trinajstić information content (AvgIpc) is 3.58. The van der Waals surface area contributed by atoms with Crippen LogP contribution in [0.3, 0.4) is 0 Å². The number of hydrogen-bond donors (Lipinski definition) is 0. The normalized spacial score (nSPS) is 21.1. The zero-order valence-corrected chi connectivity index (χ0v) is 26.1. The molecule has 2 aromatic rings. The number of thiophene rings is 1. The lowest BCUT2D eigenvalue weighted by molar-refractivity contribution is -0.213. The van der Waals surface area contributed by atoms with Crippen molar-refractivity contribution < 1.29 is 41.8 Å². The topological polar surface area (TPSA) is 99.7 Å². The Hall–Kier alpha value is -3.65. The van der Waals surface area contributed by atoms with E-state index in [2.05, 4.69) is 0 Å². The molecule has 0 N–H and O–H groups in total. The molecular formula is C31H37F3N4O6S. The van der Waals surface area contributed by atoms with E-state index in [1.807, 2.05) is 23.3 Å². The number of hydrogen-bond acceptors (Lipinski definition) is 8. The molecule has 1 aromatic heterocycles. The lowest BCUT2D eigenvalue weighted by Gasteiger charge is -2.34. The van der Waals surface area contributed by atoms with Gasteiger partial charge in [0.2, 0.25) is 5.91 Å². The van der Waals surface area contributed by atoms with Crippen molar-refractivity contribution in [2.24, 2.45) is 0 Å². The molecule has 3 aliphatic rings. The van der Waals surface area contributed by atoms with Crippen molar-refractivity contribution in [2.75, 3.05) is 44.7 Å². The molecule has 1 aromatic carbocycles. The molecule has 0 bridgehead atoms. The second-order valence-corrected chi connectivity index (χ2v) is 12.7. The molecule has 244 valence electrons. The largest absolute Gasteiger partial charge is 0.491 e. The molecule has 2 saturated heterocycles. The summed E-state index contributed by atoms with van der Waals surface area (Å²) in [6.07, 6.45) is -3.18. The molecule has 3 amide bonds. The number of carbonyl (C=O) groups excluding carboxylic acids is 4. The van der Waals surface area contributed by atoms with Gasteiger partial charge in [0.25, 0.3) is 5.91 Å². The van der Waals surface area contributed by atoms with Crippen LogP contribution in [0.15, 0.2) is 29.6 Å². The first kappa shape index (κ1) is 32.7. The molecule has 4 heterocycles. The van der Waals surface area contributed by atoms with Gasteiger partial charge in [0.1, 0.15) is 12.6 Å². The van der Waals surface area contributed by atoms with Crippen LogP contribution in [0.4, 0.5) is 23.7 Å². The molecule has 14 heteroatoms. The molecule has 5 rings (SSSR count). The minimum Gasteiger partial charge on any atom is -0.445 e. The molecule has 2 atom stereocenters. The molecule has 0 aliphatic carbocycles. The fourth-order valence-corrected chi connectivity index (χ4v) is 7.03. The molecule has 0 saturated carbocycles. The van der Waals surface area contributed by atoms with E-state index in [0.717, 1.165) is 35.4 Å². The molecule has 0 radical (unpaired) electrons. The molecule has 10 nitrogen and oxygen atoms in total. The van der Waals surface area contributed by atoms with Crippen LogP contribution in [-0.2, 0) is 32.1 Å². The zero-order chi connectivity index (χ0) is 32.3. The van der Waals surface area contributed by atoms with E-state index < -0.39 is 36.4 Å². The maximum atomic E-state index is 13.6. The first-order valence-corrected chi connectivity index (χ1v) is 16.0. The molecule has 2 fully saturated rings. The lowest BCUT2D eigenvalue weighted by atomic mass is 10.0. The van der Waals surface area contributed by atoms with Crippen LogP contribution in [0, 0.1) is 6.92 Å². The SMILES string of the molecule is Cc1cc(C(=O)N2CCCCc3sccc32)ccc1COC(=O)N1CCC[C@@H]1C(=O)N1CCCN(C)CC1OC(=O)C(F)(F)F. The number of aryl methyl sites for hydroxylation is 2. The fourth-order valence-electron chi connectivity index (χ4n) is 6.11. The highest BCUT2D eigenvalue weighted by molar-refractivity contribution is 7.10. The summed E-state index contributed by atoms with van der Waals surface area (Å²) in [5.74, 6) is -3.03. The summed E-state index contributed by atoms with van der Waals surface area (Å²) < 4.78 is 49.3. The number of esters is 1. The summed E-state index contributed by atoms with van der Waals surface area (Å²) >= 11 is 1.66. The van der Waals surface area contributed by atoms with E-state index in [4.69, 9.17) is 9.47 Å². The molecule has 0 spiro atoms. The summed E-state index contributed by atoms with van der Waals surface area (Å²) in [5.41, 5.74) is 2.97. The van der Waals surface area contributed by atoms with Crippen molar-refractivity contribution >= 4 is 40.9 Å². The predicted molar refractivity (Wildman–Crippen MR) is 160 cm³/mol. The van der Waals surface area contributed by atoms with Gasteiger partial charge in [-0.25, -0.2) is 9.59 Å². The van der Waals surface area contributed by atoms with Gasteiger partial charge in [0, 0.05) is 30.1 Å². The standard InChI is InChI=1S/C31H37F3N4O6S/c1-20-17-21(27(39)36-13-4-3-8-25-23(36)11-16-45-25)9-10-22(20)19-43-30(42)37-14-5-7-24(37)28(40)38-15-6-12-35(2)18-26(38)44-29(41)31(32,33)34/h9-11,16-17,24,26H,3-8,12-15,18-19H2,1-2H3/t24-,26?/m1/s1. The van der Waals surface area contributed by atoms with Gasteiger partial charge in [0.15, 0.2) is 6.23 Å². The highest BCUT2D eigenvalue weighted by Crippen LogP contribution is 2.32. The highest BCUT2D eigenvalue weighted by Gasteiger charge is 2.46. The van der Waals surface area contributed by atoms with Gasteiger partial charge in [-0.3, -0.25) is 14.5 Å². The van der Waals surface area contributed by atoms with Gasteiger partial charge < -0.3 is 24.2 Å². The first-order valence-electron chi connectivity index (χ1n) is 15.1. The second kappa shape index (κ2) is 13.8. The number of likely N-dealkylation sites (tertiary alicyclic amines) is 1. The third-order valence-corrected chi connectivity index (χ3v) is 9.49. The van der Waals surface area contributed by atoms with Crippen molar-refractivity contribution in [1.29, 1.82) is 0 Å². The maximum absolute atomic E-state index is 13.6. The number of anilines is 1. The number of benzene rings is 1. The van der Waals surface area contributed by atoms with Gasteiger partial charge in [-0.15, -0.1) is 11.3 Å². The van der Waals surface area contributed by atoms with Crippen molar-refractivity contribution in [1.82, 2.24) is 14.7 Å². The Bertz CT molecular complexity index is 1430. The monoisotopic (exact) mass is 650 g/mol. The number of likely N-dealkylation sites (N-methyl/N-ethyl adjacent to an activating group) is 1. The van der Waals surface area contributed by atoms with Crippen molar-refractivity contribution in [2.45, 2.75) is 70.5 Å². The fraction of sp³-hybridized carbons (Fsp3) is 0.548. The summed E-state index contributed by atoms with van der Waals surface area (Å²) in [6, 6.07) is 6.28. The third-order valence-electron chi connectivity index (χ3n) is 8.52. The summed E-state index contributed by atoms with van der Waals surface area (Å²) in [6.45, 7) is 3.12. The summed E-state index contributed by atoms with van der Waals surface area (Å²) in [5, 5.41) is 2.00. The Morgan fingerprint density at radius 1 is 0.978 bits per heavy atom. The van der Waals surface area contributed by atoms with Crippen LogP contribution < -0.4 is 4.90 Å². The van der Waals surface area contributed by atoms with E-state index in [1.165, 1.54) is 9.78 Å². The molecule has 3 aliphatic heterocycles. The van der Waals surface area contributed by atoms with E-state index in [-0.39, 0.29) is 32.1 Å². The van der Waals surface area contributed by atoms with Gasteiger partial charge in [-0.2, -0.15) is 13.2 Å². The van der Waals surface area contributed by atoms with Crippen LogP contribution in [-0.4, -0.2) is 96.8 Å². The highest BCUT2D eigenvalue weighted by atomic mass is 32.1. The number of carbonyl (C=O) groups is 4. The zero-order valence-electron chi connectivity index (χ0n) is 25.3. The lowest BCUT2D eigenvalue weighted by Crippen LogP contribution is -2.54.